The predicted octanol–water partition coefficient (Wildman–Crippen LogP) is 4.09. The van der Waals surface area contributed by atoms with Gasteiger partial charge in [0.2, 0.25) is 0 Å². The van der Waals surface area contributed by atoms with E-state index in [1.54, 1.807) is 0 Å². The van der Waals surface area contributed by atoms with Crippen molar-refractivity contribution in [3.63, 3.8) is 0 Å². The molecule has 0 atom stereocenters. The highest BCUT2D eigenvalue weighted by Gasteiger charge is 2.28. The second kappa shape index (κ2) is 7.66. The van der Waals surface area contributed by atoms with Crippen molar-refractivity contribution < 1.29 is 9.53 Å². The summed E-state index contributed by atoms with van der Waals surface area (Å²) in [7, 11) is 0. The van der Waals surface area contributed by atoms with Crippen molar-refractivity contribution in [3.8, 4) is 0 Å². The van der Waals surface area contributed by atoms with Gasteiger partial charge < -0.3 is 9.64 Å². The first-order valence-corrected chi connectivity index (χ1v) is 9.71. The Morgan fingerprint density at radius 2 is 1.81 bits per heavy atom. The van der Waals surface area contributed by atoms with Crippen LogP contribution >= 0.6 is 15.9 Å². The Labute approximate surface area is 167 Å². The Bertz CT molecular complexity index is 915. The number of rotatable bonds is 3. The number of amides is 1. The van der Waals surface area contributed by atoms with E-state index in [0.29, 0.717) is 5.57 Å². The molecule has 138 valence electrons. The molecule has 1 saturated heterocycles. The molecule has 0 aromatic heterocycles. The highest BCUT2D eigenvalue weighted by molar-refractivity contribution is 9.10. The van der Waals surface area contributed by atoms with Crippen LogP contribution in [0.3, 0.4) is 0 Å². The lowest BCUT2D eigenvalue weighted by Gasteiger charge is -2.28. The minimum atomic E-state index is -0.108. The Hall–Kier alpha value is -2.44. The third-order valence-corrected chi connectivity index (χ3v) is 5.19. The maximum absolute atomic E-state index is 12.9. The lowest BCUT2D eigenvalue weighted by atomic mass is 10.1. The summed E-state index contributed by atoms with van der Waals surface area (Å²) in [4.78, 5) is 15.2. The van der Waals surface area contributed by atoms with Gasteiger partial charge in [-0.05, 0) is 48.9 Å². The van der Waals surface area contributed by atoms with Gasteiger partial charge in [0.05, 0.1) is 30.2 Å². The summed E-state index contributed by atoms with van der Waals surface area (Å²) in [5.74, 6) is -0.108. The zero-order valence-corrected chi connectivity index (χ0v) is 16.6. The van der Waals surface area contributed by atoms with E-state index in [1.165, 1.54) is 10.7 Å². The van der Waals surface area contributed by atoms with Crippen LogP contribution in [0.4, 0.5) is 11.4 Å². The summed E-state index contributed by atoms with van der Waals surface area (Å²) in [6, 6.07) is 15.8. The number of carbonyl (C=O) groups is 1. The van der Waals surface area contributed by atoms with Crippen LogP contribution < -0.4 is 9.91 Å². The highest BCUT2D eigenvalue weighted by atomic mass is 79.9. The van der Waals surface area contributed by atoms with Gasteiger partial charge in [-0.15, -0.1) is 0 Å². The fourth-order valence-corrected chi connectivity index (χ4v) is 3.62. The molecule has 2 heterocycles. The lowest BCUT2D eigenvalue weighted by Crippen LogP contribution is -2.36. The summed E-state index contributed by atoms with van der Waals surface area (Å²) in [5.41, 5.74) is 4.26. The molecule has 0 radical (unpaired) electrons. The van der Waals surface area contributed by atoms with E-state index < -0.39 is 0 Å². The highest BCUT2D eigenvalue weighted by Crippen LogP contribution is 2.27. The maximum atomic E-state index is 12.9. The van der Waals surface area contributed by atoms with Crippen molar-refractivity contribution in [1.29, 1.82) is 0 Å². The molecule has 2 aliphatic heterocycles. The number of anilines is 2. The third kappa shape index (κ3) is 3.82. The number of hydrazone groups is 1. The van der Waals surface area contributed by atoms with Gasteiger partial charge in [-0.1, -0.05) is 34.1 Å². The number of morpholine rings is 1. The van der Waals surface area contributed by atoms with Crippen LogP contribution in [0.2, 0.25) is 0 Å². The average Bonchev–Trinajstić information content (AvgIpc) is 2.97. The summed E-state index contributed by atoms with van der Waals surface area (Å²) in [6.45, 7) is 5.21. The number of carbonyl (C=O) groups excluding carboxylic acids is 1. The molecule has 2 aliphatic rings. The van der Waals surface area contributed by atoms with Gasteiger partial charge in [0.25, 0.3) is 5.91 Å². The minimum Gasteiger partial charge on any atom is -0.378 e. The topological polar surface area (TPSA) is 45.1 Å². The number of ether oxygens (including phenoxy) is 1. The van der Waals surface area contributed by atoms with Gasteiger partial charge in [0.1, 0.15) is 0 Å². The quantitative estimate of drug-likeness (QED) is 0.695. The fraction of sp³-hybridized carbons (Fsp3) is 0.238. The van der Waals surface area contributed by atoms with Gasteiger partial charge in [0, 0.05) is 23.2 Å². The van der Waals surface area contributed by atoms with Crippen molar-refractivity contribution in [2.24, 2.45) is 5.10 Å². The molecule has 6 heteroatoms. The summed E-state index contributed by atoms with van der Waals surface area (Å²) >= 11 is 3.44. The zero-order valence-electron chi connectivity index (χ0n) is 15.1. The molecule has 1 amide bonds. The van der Waals surface area contributed by atoms with Gasteiger partial charge >= 0.3 is 0 Å². The monoisotopic (exact) mass is 425 g/mol. The molecular formula is C21H20BrN3O2. The number of hydrogen-bond donors (Lipinski definition) is 0. The van der Waals surface area contributed by atoms with E-state index in [-0.39, 0.29) is 5.91 Å². The van der Waals surface area contributed by atoms with E-state index in [9.17, 15) is 4.79 Å². The largest absolute Gasteiger partial charge is 0.378 e. The standard InChI is InChI=1S/C21H20BrN3O2/c1-15-20(21(26)25(23-15)19-4-2-3-17(22)14-19)13-16-5-7-18(8-6-16)24-9-11-27-12-10-24/h2-8,13-14H,9-12H2,1H3. The van der Waals surface area contributed by atoms with Crippen molar-refractivity contribution >= 4 is 45.0 Å². The molecule has 4 rings (SSSR count). The second-order valence-corrected chi connectivity index (χ2v) is 7.45. The first-order valence-electron chi connectivity index (χ1n) is 8.92. The number of hydrogen-bond acceptors (Lipinski definition) is 4. The van der Waals surface area contributed by atoms with Crippen LogP contribution in [-0.2, 0) is 9.53 Å². The van der Waals surface area contributed by atoms with Crippen molar-refractivity contribution in [2.75, 3.05) is 36.2 Å². The third-order valence-electron chi connectivity index (χ3n) is 4.70. The van der Waals surface area contributed by atoms with Crippen LogP contribution in [0.15, 0.2) is 63.7 Å². The minimum absolute atomic E-state index is 0.108. The van der Waals surface area contributed by atoms with E-state index in [2.05, 4.69) is 38.1 Å². The SMILES string of the molecule is CC1=NN(c2cccc(Br)c2)C(=O)C1=Cc1ccc(N2CCOCC2)cc1. The molecule has 1 fully saturated rings. The zero-order chi connectivity index (χ0) is 18.8. The van der Waals surface area contributed by atoms with E-state index in [0.717, 1.165) is 47.7 Å². The number of benzene rings is 2. The summed E-state index contributed by atoms with van der Waals surface area (Å²) in [6.07, 6.45) is 1.91. The average molecular weight is 426 g/mol. The number of halogens is 1. The summed E-state index contributed by atoms with van der Waals surface area (Å²) < 4.78 is 6.32. The van der Waals surface area contributed by atoms with Gasteiger partial charge in [0.15, 0.2) is 0 Å². The Morgan fingerprint density at radius 3 is 2.52 bits per heavy atom. The Morgan fingerprint density at radius 1 is 1.07 bits per heavy atom. The van der Waals surface area contributed by atoms with Crippen LogP contribution in [-0.4, -0.2) is 37.9 Å². The molecule has 0 unspecified atom stereocenters. The molecule has 0 bridgehead atoms. The molecule has 2 aromatic rings. The second-order valence-electron chi connectivity index (χ2n) is 6.53. The van der Waals surface area contributed by atoms with Crippen molar-refractivity contribution in [2.45, 2.75) is 6.92 Å². The van der Waals surface area contributed by atoms with E-state index >= 15 is 0 Å². The predicted molar refractivity (Wildman–Crippen MR) is 112 cm³/mol. The molecular weight excluding hydrogens is 406 g/mol. The molecule has 5 nitrogen and oxygen atoms in total. The smallest absolute Gasteiger partial charge is 0.280 e. The Balaban J connectivity index is 1.55. The molecule has 0 N–H and O–H groups in total. The van der Waals surface area contributed by atoms with Crippen LogP contribution in [0.5, 0.6) is 0 Å². The van der Waals surface area contributed by atoms with Crippen molar-refractivity contribution in [3.05, 3.63) is 64.1 Å². The van der Waals surface area contributed by atoms with Crippen molar-refractivity contribution in [1.82, 2.24) is 0 Å². The first-order chi connectivity index (χ1) is 13.1. The van der Waals surface area contributed by atoms with Gasteiger partial charge in [-0.25, -0.2) is 0 Å². The van der Waals surface area contributed by atoms with Gasteiger partial charge in [-0.2, -0.15) is 10.1 Å². The molecule has 0 aliphatic carbocycles. The normalized spacial score (nSPS) is 19.0. The molecule has 0 saturated carbocycles. The molecule has 27 heavy (non-hydrogen) atoms. The van der Waals surface area contributed by atoms with Crippen LogP contribution in [0, 0.1) is 0 Å². The lowest BCUT2D eigenvalue weighted by molar-refractivity contribution is -0.114. The van der Waals surface area contributed by atoms with E-state index in [4.69, 9.17) is 4.74 Å². The first kappa shape index (κ1) is 17.9. The fourth-order valence-electron chi connectivity index (χ4n) is 3.24. The Kier molecular flexibility index (Phi) is 5.09. The summed E-state index contributed by atoms with van der Waals surface area (Å²) in [5, 5.41) is 5.89. The number of nitrogens with zero attached hydrogens (tertiary/aromatic N) is 3. The van der Waals surface area contributed by atoms with Crippen LogP contribution in [0.1, 0.15) is 12.5 Å². The van der Waals surface area contributed by atoms with E-state index in [1.807, 2.05) is 49.4 Å². The van der Waals surface area contributed by atoms with Crippen LogP contribution in [0.25, 0.3) is 6.08 Å². The maximum Gasteiger partial charge on any atom is 0.280 e. The van der Waals surface area contributed by atoms with Gasteiger partial charge in [-0.3, -0.25) is 4.79 Å². The molecule has 2 aromatic carbocycles. The molecule has 0 spiro atoms.